The minimum Gasteiger partial charge on any atom is -0.490 e. The number of halogens is 1. The minimum atomic E-state index is -0.00435. The van der Waals surface area contributed by atoms with Crippen LogP contribution in [0.1, 0.15) is 37.8 Å². The van der Waals surface area contributed by atoms with Crippen LogP contribution >= 0.6 is 11.6 Å². The molecule has 1 N–H and O–H groups in total. The SMILES string of the molecule is CCOc1ccc(CNC(=O)[C@H]2CCCN(Cc3ccccc3Cl)C2)cc1OCC. The second-order valence-corrected chi connectivity index (χ2v) is 7.94. The van der Waals surface area contributed by atoms with Crippen molar-refractivity contribution in [2.45, 2.75) is 39.8 Å². The van der Waals surface area contributed by atoms with Gasteiger partial charge in [0, 0.05) is 24.7 Å². The van der Waals surface area contributed by atoms with E-state index in [-0.39, 0.29) is 11.8 Å². The number of ether oxygens (including phenoxy) is 2. The van der Waals surface area contributed by atoms with Crippen LogP contribution in [0.2, 0.25) is 5.02 Å². The van der Waals surface area contributed by atoms with E-state index >= 15 is 0 Å². The lowest BCUT2D eigenvalue weighted by molar-refractivity contribution is -0.126. The third kappa shape index (κ3) is 6.13. The number of hydrogen-bond acceptors (Lipinski definition) is 4. The second kappa shape index (κ2) is 11.2. The lowest BCUT2D eigenvalue weighted by Gasteiger charge is -2.32. The molecule has 0 aliphatic carbocycles. The number of hydrogen-bond donors (Lipinski definition) is 1. The number of benzene rings is 2. The number of piperidine rings is 1. The van der Waals surface area contributed by atoms with Gasteiger partial charge in [-0.3, -0.25) is 9.69 Å². The van der Waals surface area contributed by atoms with Crippen molar-refractivity contribution >= 4 is 17.5 Å². The molecular weight excluding hydrogens is 400 g/mol. The van der Waals surface area contributed by atoms with E-state index in [1.165, 1.54) is 0 Å². The van der Waals surface area contributed by atoms with Gasteiger partial charge in [-0.15, -0.1) is 0 Å². The molecule has 0 aromatic heterocycles. The molecular formula is C24H31ClN2O3. The highest BCUT2D eigenvalue weighted by Crippen LogP contribution is 2.28. The molecule has 3 rings (SSSR count). The van der Waals surface area contributed by atoms with Crippen LogP contribution in [0.4, 0.5) is 0 Å². The summed E-state index contributed by atoms with van der Waals surface area (Å²) in [6.45, 7) is 8.05. The average molecular weight is 431 g/mol. The Morgan fingerprint density at radius 2 is 1.90 bits per heavy atom. The first-order valence-corrected chi connectivity index (χ1v) is 11.1. The first-order valence-electron chi connectivity index (χ1n) is 10.7. The summed E-state index contributed by atoms with van der Waals surface area (Å²) in [4.78, 5) is 15.1. The van der Waals surface area contributed by atoms with Gasteiger partial charge in [0.25, 0.3) is 0 Å². The zero-order valence-electron chi connectivity index (χ0n) is 17.8. The van der Waals surface area contributed by atoms with E-state index in [1.54, 1.807) is 0 Å². The minimum absolute atomic E-state index is 0.00435. The molecule has 6 heteroatoms. The maximum absolute atomic E-state index is 12.8. The number of carbonyl (C=O) groups is 1. The normalized spacial score (nSPS) is 16.8. The molecule has 0 radical (unpaired) electrons. The highest BCUT2D eigenvalue weighted by atomic mass is 35.5. The van der Waals surface area contributed by atoms with Crippen molar-refractivity contribution in [3.8, 4) is 11.5 Å². The van der Waals surface area contributed by atoms with Gasteiger partial charge in [-0.25, -0.2) is 0 Å². The monoisotopic (exact) mass is 430 g/mol. The zero-order valence-corrected chi connectivity index (χ0v) is 18.6. The molecule has 1 atom stereocenters. The summed E-state index contributed by atoms with van der Waals surface area (Å²) in [5.41, 5.74) is 2.11. The van der Waals surface area contributed by atoms with E-state index in [0.29, 0.717) is 19.8 Å². The number of nitrogens with zero attached hydrogens (tertiary/aromatic N) is 1. The second-order valence-electron chi connectivity index (χ2n) is 7.53. The van der Waals surface area contributed by atoms with Gasteiger partial charge in [0.1, 0.15) is 0 Å². The molecule has 2 aromatic rings. The Kier molecular flexibility index (Phi) is 8.40. The van der Waals surface area contributed by atoms with Crippen LogP contribution in [0, 0.1) is 5.92 Å². The summed E-state index contributed by atoms with van der Waals surface area (Å²) >= 11 is 6.30. The molecule has 1 fully saturated rings. The maximum Gasteiger partial charge on any atom is 0.224 e. The average Bonchev–Trinajstić information content (AvgIpc) is 2.76. The fraction of sp³-hybridized carbons (Fsp3) is 0.458. The molecule has 1 heterocycles. The van der Waals surface area contributed by atoms with Crippen LogP contribution in [-0.4, -0.2) is 37.1 Å². The molecule has 1 amide bonds. The number of carbonyl (C=O) groups excluding carboxylic acids is 1. The number of rotatable bonds is 9. The standard InChI is InChI=1S/C24H31ClN2O3/c1-3-29-22-12-11-18(14-23(22)30-4-2)15-26-24(28)20-9-7-13-27(17-20)16-19-8-5-6-10-21(19)25/h5-6,8,10-12,14,20H,3-4,7,9,13,15-17H2,1-2H3,(H,26,28)/t20-/m0/s1. The van der Waals surface area contributed by atoms with Crippen LogP contribution in [0.15, 0.2) is 42.5 Å². The number of likely N-dealkylation sites (tertiary alicyclic amines) is 1. The first-order chi connectivity index (χ1) is 14.6. The molecule has 30 heavy (non-hydrogen) atoms. The Morgan fingerprint density at radius 3 is 2.67 bits per heavy atom. The smallest absolute Gasteiger partial charge is 0.224 e. The molecule has 1 aliphatic rings. The Morgan fingerprint density at radius 1 is 1.13 bits per heavy atom. The predicted octanol–water partition coefficient (Wildman–Crippen LogP) is 4.67. The summed E-state index contributed by atoms with van der Waals surface area (Å²) in [7, 11) is 0. The molecule has 162 valence electrons. The summed E-state index contributed by atoms with van der Waals surface area (Å²) in [6.07, 6.45) is 1.93. The lowest BCUT2D eigenvalue weighted by atomic mass is 9.96. The van der Waals surface area contributed by atoms with Crippen LogP contribution < -0.4 is 14.8 Å². The summed E-state index contributed by atoms with van der Waals surface area (Å²) < 4.78 is 11.3. The lowest BCUT2D eigenvalue weighted by Crippen LogP contribution is -2.42. The van der Waals surface area contributed by atoms with E-state index in [2.05, 4.69) is 10.2 Å². The van der Waals surface area contributed by atoms with Crippen molar-refractivity contribution in [1.29, 1.82) is 0 Å². The summed E-state index contributed by atoms with van der Waals surface area (Å²) in [6, 6.07) is 13.7. The topological polar surface area (TPSA) is 50.8 Å². The van der Waals surface area contributed by atoms with Gasteiger partial charge in [-0.1, -0.05) is 35.9 Å². The van der Waals surface area contributed by atoms with E-state index in [4.69, 9.17) is 21.1 Å². The third-order valence-corrected chi connectivity index (χ3v) is 5.67. The summed E-state index contributed by atoms with van der Waals surface area (Å²) in [5.74, 6) is 1.55. The quantitative estimate of drug-likeness (QED) is 0.628. The van der Waals surface area contributed by atoms with E-state index in [9.17, 15) is 4.79 Å². The van der Waals surface area contributed by atoms with Gasteiger partial charge in [0.2, 0.25) is 5.91 Å². The van der Waals surface area contributed by atoms with Crippen LogP contribution in [0.25, 0.3) is 0 Å². The largest absolute Gasteiger partial charge is 0.490 e. The maximum atomic E-state index is 12.8. The Hall–Kier alpha value is -2.24. The van der Waals surface area contributed by atoms with Crippen molar-refractivity contribution in [3.05, 3.63) is 58.6 Å². The Labute approximate surface area is 184 Å². The number of nitrogens with one attached hydrogen (secondary N) is 1. The molecule has 0 bridgehead atoms. The summed E-state index contributed by atoms with van der Waals surface area (Å²) in [5, 5.41) is 3.88. The predicted molar refractivity (Wildman–Crippen MR) is 120 cm³/mol. The van der Waals surface area contributed by atoms with Gasteiger partial charge in [-0.2, -0.15) is 0 Å². The van der Waals surface area contributed by atoms with Gasteiger partial charge in [-0.05, 0) is 62.6 Å². The first kappa shape index (κ1) is 22.4. The highest BCUT2D eigenvalue weighted by molar-refractivity contribution is 6.31. The van der Waals surface area contributed by atoms with E-state index in [0.717, 1.165) is 60.1 Å². The van der Waals surface area contributed by atoms with Crippen molar-refractivity contribution in [2.75, 3.05) is 26.3 Å². The van der Waals surface area contributed by atoms with Crippen LogP contribution in [-0.2, 0) is 17.9 Å². The highest BCUT2D eigenvalue weighted by Gasteiger charge is 2.26. The Bertz CT molecular complexity index is 843. The molecule has 5 nitrogen and oxygen atoms in total. The van der Waals surface area contributed by atoms with Gasteiger partial charge >= 0.3 is 0 Å². The van der Waals surface area contributed by atoms with Crippen LogP contribution in [0.3, 0.4) is 0 Å². The van der Waals surface area contributed by atoms with Crippen molar-refractivity contribution in [1.82, 2.24) is 10.2 Å². The number of amides is 1. The van der Waals surface area contributed by atoms with Crippen molar-refractivity contribution < 1.29 is 14.3 Å². The van der Waals surface area contributed by atoms with Crippen molar-refractivity contribution in [2.24, 2.45) is 5.92 Å². The van der Waals surface area contributed by atoms with Gasteiger partial charge in [0.05, 0.1) is 19.1 Å². The van der Waals surface area contributed by atoms with Crippen molar-refractivity contribution in [3.63, 3.8) is 0 Å². The van der Waals surface area contributed by atoms with E-state index < -0.39 is 0 Å². The fourth-order valence-corrected chi connectivity index (χ4v) is 4.02. The fourth-order valence-electron chi connectivity index (χ4n) is 3.82. The third-order valence-electron chi connectivity index (χ3n) is 5.30. The van der Waals surface area contributed by atoms with E-state index in [1.807, 2.05) is 56.3 Å². The van der Waals surface area contributed by atoms with Crippen LogP contribution in [0.5, 0.6) is 11.5 Å². The molecule has 0 spiro atoms. The zero-order chi connectivity index (χ0) is 21.3. The van der Waals surface area contributed by atoms with Gasteiger partial charge in [0.15, 0.2) is 11.5 Å². The Balaban J connectivity index is 1.55. The molecule has 1 aliphatic heterocycles. The molecule has 1 saturated heterocycles. The molecule has 0 unspecified atom stereocenters. The van der Waals surface area contributed by atoms with Gasteiger partial charge < -0.3 is 14.8 Å². The molecule has 2 aromatic carbocycles. The molecule has 0 saturated carbocycles.